The second kappa shape index (κ2) is 15.9. The molecule has 0 spiro atoms. The van der Waals surface area contributed by atoms with Crippen LogP contribution in [-0.4, -0.2) is 74.9 Å². The number of hydrogen-bond donors (Lipinski definition) is 0. The van der Waals surface area contributed by atoms with Gasteiger partial charge in [0.25, 0.3) is 0 Å². The van der Waals surface area contributed by atoms with Crippen LogP contribution >= 0.6 is 0 Å². The monoisotopic (exact) mass is 538 g/mol. The molecule has 0 N–H and O–H groups in total. The van der Waals surface area contributed by atoms with Gasteiger partial charge < -0.3 is 33.2 Å². The van der Waals surface area contributed by atoms with E-state index in [1.165, 1.54) is 33.3 Å². The zero-order valence-corrected chi connectivity index (χ0v) is 22.6. The molecule has 1 heterocycles. The molecular formula is C27H38O11. The van der Waals surface area contributed by atoms with Gasteiger partial charge in [0.2, 0.25) is 0 Å². The molecule has 1 fully saturated rings. The predicted octanol–water partition coefficient (Wildman–Crippen LogP) is 2.90. The first kappa shape index (κ1) is 31.0. The van der Waals surface area contributed by atoms with Crippen molar-refractivity contribution in [3.8, 4) is 5.75 Å². The molecule has 0 aromatic heterocycles. The Kier molecular flexibility index (Phi) is 13.0. The first-order chi connectivity index (χ1) is 18.1. The average Bonchev–Trinajstić information content (AvgIpc) is 2.85. The lowest BCUT2D eigenvalue weighted by molar-refractivity contribution is -0.308. The summed E-state index contributed by atoms with van der Waals surface area (Å²) >= 11 is 0. The summed E-state index contributed by atoms with van der Waals surface area (Å²) in [4.78, 5) is 46.9. The van der Waals surface area contributed by atoms with Crippen molar-refractivity contribution >= 4 is 23.9 Å². The fourth-order valence-corrected chi connectivity index (χ4v) is 4.10. The van der Waals surface area contributed by atoms with E-state index in [0.717, 1.165) is 31.4 Å². The lowest BCUT2D eigenvalue weighted by Crippen LogP contribution is -2.63. The maximum Gasteiger partial charge on any atom is 0.303 e. The topological polar surface area (TPSA) is 133 Å². The molecule has 2 rings (SSSR count). The quantitative estimate of drug-likeness (QED) is 0.197. The molecule has 1 saturated heterocycles. The van der Waals surface area contributed by atoms with Crippen molar-refractivity contribution in [1.82, 2.24) is 0 Å². The number of carbonyl (C=O) groups excluding carboxylic acids is 4. The van der Waals surface area contributed by atoms with Crippen LogP contribution in [0.5, 0.6) is 5.75 Å². The summed E-state index contributed by atoms with van der Waals surface area (Å²) in [5.74, 6) is -1.78. The fraction of sp³-hybridized carbons (Fsp3) is 0.630. The lowest BCUT2D eigenvalue weighted by Gasteiger charge is -2.44. The largest absolute Gasteiger partial charge is 0.497 e. The third-order valence-corrected chi connectivity index (χ3v) is 5.75. The number of rotatable bonds is 14. The second-order valence-corrected chi connectivity index (χ2v) is 8.95. The molecule has 0 bridgehead atoms. The van der Waals surface area contributed by atoms with Crippen molar-refractivity contribution in [3.63, 3.8) is 0 Å². The Morgan fingerprint density at radius 2 is 1.32 bits per heavy atom. The van der Waals surface area contributed by atoms with E-state index in [2.05, 4.69) is 0 Å². The van der Waals surface area contributed by atoms with Crippen LogP contribution in [0.3, 0.4) is 0 Å². The number of hydrogen-bond acceptors (Lipinski definition) is 11. The number of unbranched alkanes of at least 4 members (excludes halogenated alkanes) is 3. The maximum absolute atomic E-state index is 11.9. The summed E-state index contributed by atoms with van der Waals surface area (Å²) in [5, 5.41) is 0. The minimum absolute atomic E-state index is 0.274. The zero-order chi connectivity index (χ0) is 28.1. The molecule has 38 heavy (non-hydrogen) atoms. The molecule has 212 valence electrons. The molecule has 11 heteroatoms. The standard InChI is InChI=1S/C27H38O11/c1-17(28)34-16-23-24(35-18(2)29)25(36-19(3)30)26(37-20(4)31)27(38-23)33-15-9-7-6-8-10-21-11-13-22(32-5)14-12-21/h11-14,23-27H,6-10,15-16H2,1-5H3/t23-,24-,25+,26-,27-/m1/s1. The third-order valence-electron chi connectivity index (χ3n) is 5.75. The van der Waals surface area contributed by atoms with Crippen LogP contribution in [0.1, 0.15) is 58.9 Å². The Labute approximate surface area is 223 Å². The average molecular weight is 539 g/mol. The number of ether oxygens (including phenoxy) is 7. The van der Waals surface area contributed by atoms with Crippen LogP contribution in [0, 0.1) is 0 Å². The van der Waals surface area contributed by atoms with Crippen LogP contribution < -0.4 is 4.74 Å². The van der Waals surface area contributed by atoms with Crippen LogP contribution in [0.25, 0.3) is 0 Å². The number of methoxy groups -OCH3 is 1. The Morgan fingerprint density at radius 3 is 1.89 bits per heavy atom. The van der Waals surface area contributed by atoms with Crippen molar-refractivity contribution < 1.29 is 52.3 Å². The number of aryl methyl sites for hydroxylation is 1. The van der Waals surface area contributed by atoms with Gasteiger partial charge in [-0.2, -0.15) is 0 Å². The highest BCUT2D eigenvalue weighted by atomic mass is 16.7. The van der Waals surface area contributed by atoms with E-state index in [4.69, 9.17) is 33.2 Å². The molecular weight excluding hydrogens is 500 g/mol. The molecule has 0 saturated carbocycles. The van der Waals surface area contributed by atoms with E-state index >= 15 is 0 Å². The first-order valence-electron chi connectivity index (χ1n) is 12.7. The van der Waals surface area contributed by atoms with E-state index in [1.807, 2.05) is 24.3 Å². The predicted molar refractivity (Wildman–Crippen MR) is 133 cm³/mol. The minimum atomic E-state index is -1.23. The molecule has 0 radical (unpaired) electrons. The molecule has 0 aliphatic carbocycles. The van der Waals surface area contributed by atoms with Crippen molar-refractivity contribution in [2.45, 2.75) is 90.5 Å². The molecule has 1 aliphatic rings. The second-order valence-electron chi connectivity index (χ2n) is 8.95. The van der Waals surface area contributed by atoms with Crippen LogP contribution in [0.15, 0.2) is 24.3 Å². The van der Waals surface area contributed by atoms with Crippen LogP contribution in [0.4, 0.5) is 0 Å². The van der Waals surface area contributed by atoms with Gasteiger partial charge in [-0.15, -0.1) is 0 Å². The van der Waals surface area contributed by atoms with Crippen LogP contribution in [0.2, 0.25) is 0 Å². The lowest BCUT2D eigenvalue weighted by atomic mass is 9.98. The highest BCUT2D eigenvalue weighted by molar-refractivity contribution is 5.68. The van der Waals surface area contributed by atoms with Gasteiger partial charge >= 0.3 is 23.9 Å². The van der Waals surface area contributed by atoms with Gasteiger partial charge in [0.15, 0.2) is 24.6 Å². The van der Waals surface area contributed by atoms with Crippen molar-refractivity contribution in [2.24, 2.45) is 0 Å². The third kappa shape index (κ3) is 10.7. The van der Waals surface area contributed by atoms with E-state index in [0.29, 0.717) is 6.42 Å². The van der Waals surface area contributed by atoms with Gasteiger partial charge in [-0.05, 0) is 37.0 Å². The summed E-state index contributed by atoms with van der Waals surface area (Å²) in [6.45, 7) is 4.74. The van der Waals surface area contributed by atoms with Gasteiger partial charge in [-0.25, -0.2) is 0 Å². The summed E-state index contributed by atoms with van der Waals surface area (Å²) in [7, 11) is 1.64. The Morgan fingerprint density at radius 1 is 0.737 bits per heavy atom. The molecule has 11 nitrogen and oxygen atoms in total. The molecule has 5 atom stereocenters. The fourth-order valence-electron chi connectivity index (χ4n) is 4.10. The van der Waals surface area contributed by atoms with Crippen LogP contribution in [-0.2, 0) is 54.0 Å². The number of esters is 4. The molecule has 0 unspecified atom stereocenters. The van der Waals surface area contributed by atoms with Gasteiger partial charge in [-0.3, -0.25) is 19.2 Å². The summed E-state index contributed by atoms with van der Waals surface area (Å²) in [6.07, 6.45) is -1.27. The molecule has 0 amide bonds. The van der Waals surface area contributed by atoms with Gasteiger partial charge in [0.05, 0.1) is 7.11 Å². The van der Waals surface area contributed by atoms with E-state index in [-0.39, 0.29) is 13.2 Å². The SMILES string of the molecule is COc1ccc(CCCCCCO[C@@H]2O[C@H](COC(C)=O)[C@@H](OC(C)=O)[C@H](OC(C)=O)[C@H]2OC(C)=O)cc1. The Bertz CT molecular complexity index is 914. The molecule has 1 aromatic rings. The van der Waals surface area contributed by atoms with Crippen molar-refractivity contribution in [3.05, 3.63) is 29.8 Å². The normalized spacial score (nSPS) is 22.7. The van der Waals surface area contributed by atoms with Crippen molar-refractivity contribution in [1.29, 1.82) is 0 Å². The van der Waals surface area contributed by atoms with Gasteiger partial charge in [0, 0.05) is 34.3 Å². The van der Waals surface area contributed by atoms with E-state index < -0.39 is 54.6 Å². The van der Waals surface area contributed by atoms with E-state index in [1.54, 1.807) is 7.11 Å². The highest BCUT2D eigenvalue weighted by Crippen LogP contribution is 2.30. The summed E-state index contributed by atoms with van der Waals surface area (Å²) in [5.41, 5.74) is 1.24. The Balaban J connectivity index is 1.99. The summed E-state index contributed by atoms with van der Waals surface area (Å²) in [6, 6.07) is 7.98. The smallest absolute Gasteiger partial charge is 0.303 e. The highest BCUT2D eigenvalue weighted by Gasteiger charge is 2.52. The number of benzene rings is 1. The molecule has 1 aromatic carbocycles. The Hall–Kier alpha value is -3.18. The maximum atomic E-state index is 11.9. The minimum Gasteiger partial charge on any atom is -0.497 e. The number of carbonyl (C=O) groups is 4. The zero-order valence-electron chi connectivity index (χ0n) is 22.6. The summed E-state index contributed by atoms with van der Waals surface area (Å²) < 4.78 is 38.2. The van der Waals surface area contributed by atoms with Gasteiger partial charge in [-0.1, -0.05) is 25.0 Å². The molecule has 1 aliphatic heterocycles. The van der Waals surface area contributed by atoms with Crippen molar-refractivity contribution in [2.75, 3.05) is 20.3 Å². The first-order valence-corrected chi connectivity index (χ1v) is 12.7. The van der Waals surface area contributed by atoms with Gasteiger partial charge in [0.1, 0.15) is 18.5 Å². The van der Waals surface area contributed by atoms with E-state index in [9.17, 15) is 19.2 Å².